The number of hydrogen-bond acceptors (Lipinski definition) is 2. The number of halogens is 3. The number of aromatic nitrogens is 1. The van der Waals surface area contributed by atoms with Gasteiger partial charge in [0.05, 0.1) is 0 Å². The Morgan fingerprint density at radius 2 is 1.82 bits per heavy atom. The Bertz CT molecular complexity index is 665. The minimum absolute atomic E-state index is 1.19. The molecule has 120 valence electrons. The quantitative estimate of drug-likeness (QED) is 0.804. The molecule has 2 heterocycles. The molecule has 0 unspecified atom stereocenters. The molecule has 1 aliphatic rings. The zero-order valence-corrected chi connectivity index (χ0v) is 12.7. The van der Waals surface area contributed by atoms with Gasteiger partial charge in [-0.15, -0.1) is 0 Å². The first-order valence-electron chi connectivity index (χ1n) is 6.46. The Hall–Kier alpha value is -2.31. The van der Waals surface area contributed by atoms with Gasteiger partial charge in [0.25, 0.3) is 0 Å². The number of rotatable bonds is 1. The average molecular weight is 314 g/mol. The molecule has 4 nitrogen and oxygen atoms in total. The van der Waals surface area contributed by atoms with Gasteiger partial charge in [0.2, 0.25) is 5.70 Å². The van der Waals surface area contributed by atoms with Gasteiger partial charge in [-0.3, -0.25) is 0 Å². The molecular formula is C15H17F3N2O2. The van der Waals surface area contributed by atoms with Crippen molar-refractivity contribution in [3.63, 3.8) is 0 Å². The number of nitrogens with one attached hydrogen (secondary N) is 2. The van der Waals surface area contributed by atoms with E-state index in [-0.39, 0.29) is 0 Å². The van der Waals surface area contributed by atoms with Crippen LogP contribution >= 0.6 is 0 Å². The van der Waals surface area contributed by atoms with Gasteiger partial charge in [0, 0.05) is 36.0 Å². The van der Waals surface area contributed by atoms with E-state index in [0.717, 1.165) is 0 Å². The predicted molar refractivity (Wildman–Crippen MR) is 74.7 cm³/mol. The number of H-pyrrole nitrogens is 1. The number of carbonyl (C=O) groups excluding carboxylic acids is 1. The van der Waals surface area contributed by atoms with Crippen LogP contribution in [0.2, 0.25) is 0 Å². The Labute approximate surface area is 126 Å². The third-order valence-electron chi connectivity index (χ3n) is 2.90. The van der Waals surface area contributed by atoms with Gasteiger partial charge in [-0.05, 0) is 32.4 Å². The van der Waals surface area contributed by atoms with Crippen LogP contribution < -0.4 is 10.1 Å². The van der Waals surface area contributed by atoms with Crippen LogP contribution in [0, 0.1) is 13.8 Å². The summed E-state index contributed by atoms with van der Waals surface area (Å²) in [6.45, 7) is 8.41. The summed E-state index contributed by atoms with van der Waals surface area (Å²) in [5.41, 5.74) is 7.38. The van der Waals surface area contributed by atoms with E-state index in [2.05, 4.69) is 55.9 Å². The van der Waals surface area contributed by atoms with Crippen molar-refractivity contribution in [1.82, 2.24) is 4.98 Å². The van der Waals surface area contributed by atoms with Gasteiger partial charge in [0.1, 0.15) is 5.97 Å². The summed E-state index contributed by atoms with van der Waals surface area (Å²) in [6.07, 6.45) is -0.859. The molecule has 0 bridgehead atoms. The summed E-state index contributed by atoms with van der Waals surface area (Å²) in [6, 6.07) is 2.16. The topological polar surface area (TPSA) is 69.9 Å². The Balaban J connectivity index is 0.000000295. The number of alkyl halides is 3. The highest BCUT2D eigenvalue weighted by Crippen LogP contribution is 2.15. The lowest BCUT2D eigenvalue weighted by Gasteiger charge is -2.03. The SMILES string of the molecule is CC1=CC(C)=[NH+]/C1=C\c1[nH]c(C)cc1C.O=C([O-])C(F)(F)F. The third kappa shape index (κ3) is 4.91. The van der Waals surface area contributed by atoms with Gasteiger partial charge in [-0.25, -0.2) is 4.99 Å². The van der Waals surface area contributed by atoms with Gasteiger partial charge in [-0.2, -0.15) is 13.2 Å². The van der Waals surface area contributed by atoms with Gasteiger partial charge in [0.15, 0.2) is 5.71 Å². The summed E-state index contributed by atoms with van der Waals surface area (Å²) in [5, 5.41) is 8.78. The summed E-state index contributed by atoms with van der Waals surface area (Å²) < 4.78 is 31.5. The molecule has 0 saturated carbocycles. The molecule has 1 aromatic heterocycles. The molecule has 0 saturated heterocycles. The average Bonchev–Trinajstić information content (AvgIpc) is 2.82. The predicted octanol–water partition coefficient (Wildman–Crippen LogP) is 0.772. The van der Waals surface area contributed by atoms with E-state index >= 15 is 0 Å². The van der Waals surface area contributed by atoms with Crippen LogP contribution in [0.15, 0.2) is 23.4 Å². The van der Waals surface area contributed by atoms with Gasteiger partial charge in [-0.1, -0.05) is 0 Å². The molecule has 7 heteroatoms. The monoisotopic (exact) mass is 314 g/mol. The van der Waals surface area contributed by atoms with Crippen molar-refractivity contribution in [2.24, 2.45) is 0 Å². The molecule has 2 rings (SSSR count). The Morgan fingerprint density at radius 1 is 1.27 bits per heavy atom. The largest absolute Gasteiger partial charge is 0.542 e. The van der Waals surface area contributed by atoms with E-state index in [0.29, 0.717) is 0 Å². The fourth-order valence-electron chi connectivity index (χ4n) is 1.94. The van der Waals surface area contributed by atoms with Crippen molar-refractivity contribution in [2.75, 3.05) is 0 Å². The molecule has 0 fully saturated rings. The number of aryl methyl sites for hydroxylation is 2. The third-order valence-corrected chi connectivity index (χ3v) is 2.90. The summed E-state index contributed by atoms with van der Waals surface area (Å²) in [4.78, 5) is 15.5. The number of aromatic amines is 1. The minimum atomic E-state index is -5.19. The number of carboxylic acid groups (broad SMARTS) is 1. The molecule has 0 aliphatic carbocycles. The number of hydrogen-bond donors (Lipinski definition) is 2. The van der Waals surface area contributed by atoms with Crippen molar-refractivity contribution >= 4 is 17.8 Å². The summed E-state index contributed by atoms with van der Waals surface area (Å²) in [5.74, 6) is -3.01. The van der Waals surface area contributed by atoms with E-state index in [1.54, 1.807) is 0 Å². The number of carboxylic acids is 1. The second kappa shape index (κ2) is 6.64. The first-order valence-corrected chi connectivity index (χ1v) is 6.46. The summed E-state index contributed by atoms with van der Waals surface area (Å²) >= 11 is 0. The van der Waals surface area contributed by atoms with Crippen molar-refractivity contribution in [3.05, 3.63) is 40.4 Å². The standard InChI is InChI=1S/C13H16N2.C2HF3O2/c1-8-5-10(3)14-12(8)7-13-9(2)6-11(4)15-13;3-2(4,5)1(6)7/h5-7,14H,1-4H3;(H,6,7)/b13-7-;. The normalized spacial score (nSPS) is 16.0. The molecule has 0 atom stereocenters. The van der Waals surface area contributed by atoms with Crippen LogP contribution in [-0.2, 0) is 4.79 Å². The highest BCUT2D eigenvalue weighted by Gasteiger charge is 2.28. The van der Waals surface area contributed by atoms with E-state index in [1.165, 1.54) is 33.9 Å². The van der Waals surface area contributed by atoms with Crippen molar-refractivity contribution < 1.29 is 28.1 Å². The number of aliphatic carboxylic acids is 1. The fourth-order valence-corrected chi connectivity index (χ4v) is 1.94. The highest BCUT2D eigenvalue weighted by atomic mass is 19.4. The van der Waals surface area contributed by atoms with E-state index < -0.39 is 12.1 Å². The highest BCUT2D eigenvalue weighted by molar-refractivity contribution is 5.91. The van der Waals surface area contributed by atoms with Crippen molar-refractivity contribution in [2.45, 2.75) is 33.9 Å². The van der Waals surface area contributed by atoms with E-state index in [1.807, 2.05) is 0 Å². The maximum absolute atomic E-state index is 10.5. The Kier molecular flexibility index (Phi) is 5.35. The molecule has 0 spiro atoms. The molecule has 2 N–H and O–H groups in total. The molecule has 1 aromatic rings. The molecule has 0 amide bonds. The van der Waals surface area contributed by atoms with Crippen LogP contribution in [-0.4, -0.2) is 22.8 Å². The first-order chi connectivity index (χ1) is 10.0. The molecular weight excluding hydrogens is 297 g/mol. The lowest BCUT2D eigenvalue weighted by atomic mass is 10.1. The van der Waals surface area contributed by atoms with E-state index in [9.17, 15) is 13.2 Å². The maximum atomic E-state index is 10.5. The van der Waals surface area contributed by atoms with Crippen LogP contribution in [0.3, 0.4) is 0 Å². The molecule has 1 aliphatic heterocycles. The van der Waals surface area contributed by atoms with Gasteiger partial charge >= 0.3 is 6.18 Å². The van der Waals surface area contributed by atoms with Crippen molar-refractivity contribution in [1.29, 1.82) is 0 Å². The number of carbonyl (C=O) groups is 1. The first kappa shape index (κ1) is 17.7. The lowest BCUT2D eigenvalue weighted by molar-refractivity contribution is -0.386. The smallest absolute Gasteiger partial charge is 0.430 e. The number of allylic oxidation sites excluding steroid dienone is 2. The molecule has 0 aromatic carbocycles. The minimum Gasteiger partial charge on any atom is -0.542 e. The summed E-state index contributed by atoms with van der Waals surface area (Å²) in [7, 11) is 0. The van der Waals surface area contributed by atoms with Crippen LogP contribution in [0.25, 0.3) is 6.08 Å². The van der Waals surface area contributed by atoms with Crippen molar-refractivity contribution in [3.8, 4) is 0 Å². The molecule has 22 heavy (non-hydrogen) atoms. The maximum Gasteiger partial charge on any atom is 0.430 e. The second-order valence-electron chi connectivity index (χ2n) is 5.03. The zero-order valence-electron chi connectivity index (χ0n) is 12.7. The second-order valence-corrected chi connectivity index (χ2v) is 5.03. The Morgan fingerprint density at radius 3 is 2.14 bits per heavy atom. The van der Waals surface area contributed by atoms with Crippen LogP contribution in [0.1, 0.15) is 30.8 Å². The molecule has 0 radical (unpaired) electrons. The fraction of sp³-hybridized carbons (Fsp3) is 0.333. The zero-order chi connectivity index (χ0) is 17.1. The lowest BCUT2D eigenvalue weighted by Crippen LogP contribution is -2.67. The van der Waals surface area contributed by atoms with Gasteiger partial charge < -0.3 is 14.9 Å². The van der Waals surface area contributed by atoms with E-state index in [4.69, 9.17) is 9.90 Å². The van der Waals surface area contributed by atoms with Crippen LogP contribution in [0.4, 0.5) is 13.2 Å². The van der Waals surface area contributed by atoms with Crippen LogP contribution in [0.5, 0.6) is 0 Å².